The molecule has 4 aliphatic carbocycles. The minimum absolute atomic E-state index is 0.0272. The van der Waals surface area contributed by atoms with E-state index in [2.05, 4.69) is 26.1 Å². The van der Waals surface area contributed by atoms with E-state index in [0.29, 0.717) is 16.9 Å². The largest absolute Gasteiger partial charge is 0.495 e. The summed E-state index contributed by atoms with van der Waals surface area (Å²) in [5.41, 5.74) is 1.04. The van der Waals surface area contributed by atoms with E-state index in [9.17, 15) is 4.79 Å². The molecule has 4 saturated carbocycles. The Morgan fingerprint density at radius 1 is 1.10 bits per heavy atom. The Morgan fingerprint density at radius 2 is 1.74 bits per heavy atom. The Bertz CT molecular complexity index is 1000. The zero-order valence-corrected chi connectivity index (χ0v) is 19.8. The van der Waals surface area contributed by atoms with Gasteiger partial charge in [-0.2, -0.15) is 0 Å². The Labute approximate surface area is 192 Å². The van der Waals surface area contributed by atoms with Gasteiger partial charge in [0.05, 0.1) is 12.7 Å². The van der Waals surface area contributed by atoms with Crippen molar-refractivity contribution in [3.63, 3.8) is 0 Å². The van der Waals surface area contributed by atoms with Crippen LogP contribution in [0.5, 0.6) is 5.75 Å². The molecule has 1 N–H and O–H groups in total. The second-order valence-corrected chi connectivity index (χ2v) is 11.4. The fourth-order valence-corrected chi connectivity index (χ4v) is 8.29. The topological polar surface area (TPSA) is 41.6 Å². The second-order valence-electron chi connectivity index (χ2n) is 10.5. The number of hydrogen-bond acceptors (Lipinski definition) is 3. The van der Waals surface area contributed by atoms with E-state index in [0.717, 1.165) is 52.5 Å². The molecule has 4 bridgehead atoms. The number of nitrogens with one attached hydrogen (secondary N) is 1. The zero-order chi connectivity index (χ0) is 21.2. The predicted octanol–water partition coefficient (Wildman–Crippen LogP) is 5.38. The maximum absolute atomic E-state index is 13.3. The van der Waals surface area contributed by atoms with Gasteiger partial charge in [-0.15, -0.1) is 0 Å². The molecule has 31 heavy (non-hydrogen) atoms. The van der Waals surface area contributed by atoms with Crippen LogP contribution in [0.4, 0.5) is 0 Å². The van der Waals surface area contributed by atoms with E-state index < -0.39 is 0 Å². The number of hydrogen-bond donors (Lipinski definition) is 1. The quantitative estimate of drug-likeness (QED) is 0.635. The van der Waals surface area contributed by atoms with Crippen LogP contribution in [0, 0.1) is 17.8 Å². The van der Waals surface area contributed by atoms with Gasteiger partial charge in [0.1, 0.15) is 5.75 Å². The van der Waals surface area contributed by atoms with Crippen LogP contribution in [0.2, 0.25) is 0 Å². The van der Waals surface area contributed by atoms with Crippen molar-refractivity contribution in [3.05, 3.63) is 40.4 Å². The van der Waals surface area contributed by atoms with Crippen LogP contribution in [0.1, 0.15) is 55.3 Å². The first-order chi connectivity index (χ1) is 15.0. The van der Waals surface area contributed by atoms with Gasteiger partial charge in [0.25, 0.3) is 5.91 Å². The van der Waals surface area contributed by atoms with Gasteiger partial charge < -0.3 is 10.1 Å². The first-order valence-electron chi connectivity index (χ1n) is 11.9. The molecule has 1 heterocycles. The highest BCUT2D eigenvalue weighted by molar-refractivity contribution is 9.10. The van der Waals surface area contributed by atoms with E-state index in [-0.39, 0.29) is 11.9 Å². The van der Waals surface area contributed by atoms with Gasteiger partial charge in [-0.1, -0.05) is 40.2 Å². The van der Waals surface area contributed by atoms with Crippen molar-refractivity contribution in [1.29, 1.82) is 0 Å². The SMILES string of the molecule is COc1c(C(=O)N[C@@H]2CCN(C34CC5CC(CC(C5)C3)C4)C2)cc(Br)c2ccccc12. The number of carbonyl (C=O) groups is 1. The Balaban J connectivity index is 1.20. The summed E-state index contributed by atoms with van der Waals surface area (Å²) in [6, 6.07) is 10.2. The lowest BCUT2D eigenvalue weighted by Gasteiger charge is -2.60. The summed E-state index contributed by atoms with van der Waals surface area (Å²) in [6.45, 7) is 2.12. The molecule has 164 valence electrons. The molecular formula is C26H31BrN2O2. The Kier molecular flexibility index (Phi) is 4.84. The first-order valence-corrected chi connectivity index (χ1v) is 12.6. The zero-order valence-electron chi connectivity index (χ0n) is 18.2. The molecule has 2 aromatic carbocycles. The number of ether oxygens (including phenoxy) is 1. The standard InChI is InChI=1S/C26H31BrN2O2/c1-31-24-21-5-3-2-4-20(21)23(27)11-22(24)25(30)28-19-6-7-29(15-19)26-12-16-8-17(13-26)10-18(9-16)14-26/h2-5,11,16-19H,6-10,12-15H2,1H3,(H,28,30)/t16?,17?,18?,19-,26?/m1/s1. The average molecular weight is 483 g/mol. The van der Waals surface area contributed by atoms with Gasteiger partial charge in [-0.3, -0.25) is 9.69 Å². The van der Waals surface area contributed by atoms with Gasteiger partial charge in [-0.05, 0) is 74.2 Å². The Morgan fingerprint density at radius 3 is 2.39 bits per heavy atom. The van der Waals surface area contributed by atoms with Crippen molar-refractivity contribution < 1.29 is 9.53 Å². The lowest BCUT2D eigenvalue weighted by atomic mass is 9.52. The predicted molar refractivity (Wildman–Crippen MR) is 127 cm³/mol. The van der Waals surface area contributed by atoms with Gasteiger partial charge in [0, 0.05) is 34.5 Å². The van der Waals surface area contributed by atoms with E-state index in [1.54, 1.807) is 7.11 Å². The van der Waals surface area contributed by atoms with Crippen molar-refractivity contribution in [2.24, 2.45) is 17.8 Å². The summed E-state index contributed by atoms with van der Waals surface area (Å²) in [6.07, 6.45) is 9.66. The number of halogens is 1. The first kappa shape index (κ1) is 20.0. The van der Waals surface area contributed by atoms with Crippen molar-refractivity contribution in [1.82, 2.24) is 10.2 Å². The molecule has 5 fully saturated rings. The minimum atomic E-state index is -0.0272. The van der Waals surface area contributed by atoms with Crippen molar-refractivity contribution in [2.75, 3.05) is 20.2 Å². The van der Waals surface area contributed by atoms with E-state index in [4.69, 9.17) is 4.74 Å². The maximum atomic E-state index is 13.3. The van der Waals surface area contributed by atoms with Crippen molar-refractivity contribution >= 4 is 32.6 Å². The average Bonchev–Trinajstić information content (AvgIpc) is 3.22. The van der Waals surface area contributed by atoms with E-state index >= 15 is 0 Å². The maximum Gasteiger partial charge on any atom is 0.255 e. The number of fused-ring (bicyclic) bond motifs is 1. The normalized spacial score (nSPS) is 34.4. The van der Waals surface area contributed by atoms with Crippen LogP contribution in [0.15, 0.2) is 34.8 Å². The van der Waals surface area contributed by atoms with Gasteiger partial charge in [0.15, 0.2) is 0 Å². The van der Waals surface area contributed by atoms with Gasteiger partial charge >= 0.3 is 0 Å². The van der Waals surface area contributed by atoms with Crippen LogP contribution in [0.3, 0.4) is 0 Å². The van der Waals surface area contributed by atoms with E-state index in [1.807, 2.05) is 30.3 Å². The Hall–Kier alpha value is -1.59. The molecule has 7 rings (SSSR count). The molecule has 2 aromatic rings. The molecule has 5 aliphatic rings. The highest BCUT2D eigenvalue weighted by Crippen LogP contribution is 2.58. The van der Waals surface area contributed by atoms with Gasteiger partial charge in [0.2, 0.25) is 0 Å². The number of likely N-dealkylation sites (tertiary alicyclic amines) is 1. The van der Waals surface area contributed by atoms with E-state index in [1.165, 1.54) is 38.5 Å². The number of carbonyl (C=O) groups excluding carboxylic acids is 1. The monoisotopic (exact) mass is 482 g/mol. The summed E-state index contributed by atoms with van der Waals surface area (Å²) in [5, 5.41) is 5.37. The lowest BCUT2D eigenvalue weighted by molar-refractivity contribution is -0.0807. The summed E-state index contributed by atoms with van der Waals surface area (Å²) in [5.74, 6) is 3.50. The summed E-state index contributed by atoms with van der Waals surface area (Å²) < 4.78 is 6.62. The molecule has 1 saturated heterocycles. The molecule has 0 aromatic heterocycles. The van der Waals surface area contributed by atoms with Crippen LogP contribution in [-0.4, -0.2) is 42.6 Å². The highest BCUT2D eigenvalue weighted by Gasteiger charge is 2.54. The third kappa shape index (κ3) is 3.31. The minimum Gasteiger partial charge on any atom is -0.495 e. The fraction of sp³-hybridized carbons (Fsp3) is 0.577. The number of benzene rings is 2. The fourth-order valence-electron chi connectivity index (χ4n) is 7.72. The number of methoxy groups -OCH3 is 1. The smallest absolute Gasteiger partial charge is 0.255 e. The van der Waals surface area contributed by atoms with Gasteiger partial charge in [-0.25, -0.2) is 0 Å². The van der Waals surface area contributed by atoms with Crippen molar-refractivity contribution in [2.45, 2.75) is 56.5 Å². The molecule has 0 radical (unpaired) electrons. The van der Waals surface area contributed by atoms with Crippen LogP contribution in [0.25, 0.3) is 10.8 Å². The summed E-state index contributed by atoms with van der Waals surface area (Å²) in [4.78, 5) is 16.1. The summed E-state index contributed by atoms with van der Waals surface area (Å²) in [7, 11) is 1.65. The van der Waals surface area contributed by atoms with Crippen LogP contribution < -0.4 is 10.1 Å². The molecule has 1 amide bonds. The molecular weight excluding hydrogens is 452 g/mol. The molecule has 0 unspecified atom stereocenters. The summed E-state index contributed by atoms with van der Waals surface area (Å²) >= 11 is 3.65. The molecule has 1 atom stereocenters. The highest BCUT2D eigenvalue weighted by atomic mass is 79.9. The molecule has 4 nitrogen and oxygen atoms in total. The lowest BCUT2D eigenvalue weighted by Crippen LogP contribution is -2.59. The number of rotatable bonds is 4. The van der Waals surface area contributed by atoms with Crippen LogP contribution in [-0.2, 0) is 0 Å². The second kappa shape index (κ2) is 7.48. The third-order valence-electron chi connectivity index (χ3n) is 8.59. The number of nitrogens with zero attached hydrogens (tertiary/aromatic N) is 1. The van der Waals surface area contributed by atoms with Crippen LogP contribution >= 0.6 is 15.9 Å². The molecule has 0 spiro atoms. The third-order valence-corrected chi connectivity index (χ3v) is 9.25. The number of amides is 1. The molecule has 5 heteroatoms. The molecule has 1 aliphatic heterocycles. The van der Waals surface area contributed by atoms with Crippen molar-refractivity contribution in [3.8, 4) is 5.75 Å².